The minimum absolute atomic E-state index is 0.0138. The van der Waals surface area contributed by atoms with Crippen LogP contribution in [0.15, 0.2) is 10.2 Å². The molecular formula is C11H12N2OS3. The molecule has 0 amide bonds. The molecular weight excluding hydrogens is 272 g/mol. The number of nitrogens with one attached hydrogen (secondary N) is 1. The molecule has 2 aromatic rings. The molecule has 0 spiro atoms. The van der Waals surface area contributed by atoms with Crippen molar-refractivity contribution in [1.82, 2.24) is 9.97 Å². The van der Waals surface area contributed by atoms with Crippen LogP contribution in [0.5, 0.6) is 0 Å². The normalized spacial score (nSPS) is 20.9. The third-order valence-electron chi connectivity index (χ3n) is 2.77. The number of H-pyrrole nitrogens is 1. The van der Waals surface area contributed by atoms with Gasteiger partial charge in [0, 0.05) is 17.3 Å². The van der Waals surface area contributed by atoms with Crippen molar-refractivity contribution in [2.45, 2.75) is 12.2 Å². The van der Waals surface area contributed by atoms with Gasteiger partial charge in [0.15, 0.2) is 0 Å². The lowest BCUT2D eigenvalue weighted by atomic mass is 10.3. The zero-order valence-corrected chi connectivity index (χ0v) is 11.8. The van der Waals surface area contributed by atoms with Gasteiger partial charge in [0.2, 0.25) is 0 Å². The number of rotatable bonds is 1. The van der Waals surface area contributed by atoms with Crippen molar-refractivity contribution in [3.63, 3.8) is 0 Å². The van der Waals surface area contributed by atoms with Crippen molar-refractivity contribution in [2.75, 3.05) is 17.3 Å². The summed E-state index contributed by atoms with van der Waals surface area (Å²) in [5.41, 5.74) is 1.04. The van der Waals surface area contributed by atoms with Crippen LogP contribution in [0, 0.1) is 6.92 Å². The van der Waals surface area contributed by atoms with Crippen LogP contribution in [-0.4, -0.2) is 27.2 Å². The molecule has 3 nitrogen and oxygen atoms in total. The zero-order valence-electron chi connectivity index (χ0n) is 9.36. The molecule has 3 heterocycles. The minimum atomic E-state index is 0.0138. The summed E-state index contributed by atoms with van der Waals surface area (Å²) in [7, 11) is 0. The summed E-state index contributed by atoms with van der Waals surface area (Å²) in [6.45, 7) is 1.96. The average molecular weight is 284 g/mol. The Bertz CT molecular complexity index is 598. The Balaban J connectivity index is 2.09. The van der Waals surface area contributed by atoms with Gasteiger partial charge in [0.1, 0.15) is 10.7 Å². The van der Waals surface area contributed by atoms with Crippen molar-refractivity contribution in [1.29, 1.82) is 0 Å². The number of hydrogen-bond donors (Lipinski definition) is 1. The summed E-state index contributed by atoms with van der Waals surface area (Å²) >= 11 is 5.39. The van der Waals surface area contributed by atoms with Crippen molar-refractivity contribution in [3.05, 3.63) is 27.1 Å². The molecule has 6 heteroatoms. The van der Waals surface area contributed by atoms with Crippen LogP contribution < -0.4 is 5.56 Å². The molecule has 1 saturated heterocycles. The van der Waals surface area contributed by atoms with E-state index in [0.29, 0.717) is 5.25 Å². The first kappa shape index (κ1) is 11.6. The van der Waals surface area contributed by atoms with E-state index in [2.05, 4.69) is 9.97 Å². The number of hydrogen-bond acceptors (Lipinski definition) is 5. The van der Waals surface area contributed by atoms with Gasteiger partial charge in [-0.05, 0) is 17.9 Å². The first-order valence-corrected chi connectivity index (χ1v) is 8.51. The van der Waals surface area contributed by atoms with E-state index in [1.165, 1.54) is 5.75 Å². The highest BCUT2D eigenvalue weighted by molar-refractivity contribution is 8.06. The molecule has 1 atom stereocenters. The molecule has 90 valence electrons. The number of nitrogens with zero attached hydrogens (tertiary/aromatic N) is 1. The van der Waals surface area contributed by atoms with Gasteiger partial charge < -0.3 is 4.98 Å². The fourth-order valence-electron chi connectivity index (χ4n) is 1.90. The first-order chi connectivity index (χ1) is 8.25. The largest absolute Gasteiger partial charge is 0.309 e. The Hall–Kier alpha value is -0.460. The van der Waals surface area contributed by atoms with Crippen LogP contribution in [0.1, 0.15) is 16.6 Å². The van der Waals surface area contributed by atoms with E-state index in [9.17, 15) is 4.79 Å². The lowest BCUT2D eigenvalue weighted by Crippen LogP contribution is -2.16. The fourth-order valence-corrected chi connectivity index (χ4v) is 5.45. The van der Waals surface area contributed by atoms with E-state index in [-0.39, 0.29) is 5.56 Å². The molecule has 17 heavy (non-hydrogen) atoms. The summed E-state index contributed by atoms with van der Waals surface area (Å²) in [4.78, 5) is 20.5. The highest BCUT2D eigenvalue weighted by atomic mass is 32.2. The van der Waals surface area contributed by atoms with Gasteiger partial charge in [-0.15, -0.1) is 23.1 Å². The molecule has 0 aromatic carbocycles. The first-order valence-electron chi connectivity index (χ1n) is 5.43. The molecule has 3 rings (SSSR count). The van der Waals surface area contributed by atoms with Crippen LogP contribution in [0.3, 0.4) is 0 Å². The smallest absolute Gasteiger partial charge is 0.259 e. The van der Waals surface area contributed by atoms with Gasteiger partial charge in [-0.2, -0.15) is 11.8 Å². The molecule has 1 aliphatic heterocycles. The Morgan fingerprint density at radius 2 is 2.35 bits per heavy atom. The van der Waals surface area contributed by atoms with E-state index < -0.39 is 0 Å². The van der Waals surface area contributed by atoms with Gasteiger partial charge in [-0.3, -0.25) is 4.79 Å². The van der Waals surface area contributed by atoms with Gasteiger partial charge in [0.05, 0.1) is 10.6 Å². The molecule has 0 bridgehead atoms. The number of fused-ring (bicyclic) bond motifs is 1. The standard InChI is InChI=1S/C11H12N2OS3/c1-6-4-17-11-8(6)10(14)12-9(13-11)7-5-15-2-3-16-7/h4,7H,2-3,5H2,1H3,(H,12,13,14). The highest BCUT2D eigenvalue weighted by Crippen LogP contribution is 2.35. The highest BCUT2D eigenvalue weighted by Gasteiger charge is 2.20. The van der Waals surface area contributed by atoms with E-state index >= 15 is 0 Å². The lowest BCUT2D eigenvalue weighted by Gasteiger charge is -2.19. The molecule has 1 aliphatic rings. The van der Waals surface area contributed by atoms with Crippen LogP contribution in [-0.2, 0) is 0 Å². The predicted octanol–water partition coefficient (Wildman–Crippen LogP) is 2.81. The van der Waals surface area contributed by atoms with Gasteiger partial charge in [0.25, 0.3) is 5.56 Å². The van der Waals surface area contributed by atoms with Gasteiger partial charge in [-0.1, -0.05) is 0 Å². The second-order valence-electron chi connectivity index (χ2n) is 3.98. The molecule has 0 radical (unpaired) electrons. The topological polar surface area (TPSA) is 45.8 Å². The zero-order chi connectivity index (χ0) is 11.8. The van der Waals surface area contributed by atoms with E-state index in [1.807, 2.05) is 35.8 Å². The lowest BCUT2D eigenvalue weighted by molar-refractivity contribution is 0.930. The minimum Gasteiger partial charge on any atom is -0.309 e. The Morgan fingerprint density at radius 1 is 1.47 bits per heavy atom. The molecule has 0 saturated carbocycles. The van der Waals surface area contributed by atoms with Gasteiger partial charge in [-0.25, -0.2) is 4.98 Å². The Kier molecular flexibility index (Phi) is 3.19. The third-order valence-corrected chi connectivity index (χ3v) is 6.52. The van der Waals surface area contributed by atoms with E-state index in [4.69, 9.17) is 0 Å². The van der Waals surface area contributed by atoms with E-state index in [1.54, 1.807) is 11.3 Å². The summed E-state index contributed by atoms with van der Waals surface area (Å²) in [6, 6.07) is 0. The second-order valence-corrected chi connectivity index (χ2v) is 7.30. The number of thioether (sulfide) groups is 2. The maximum absolute atomic E-state index is 12.0. The number of aromatic amines is 1. The van der Waals surface area contributed by atoms with Crippen molar-refractivity contribution >= 4 is 45.1 Å². The molecule has 1 unspecified atom stereocenters. The van der Waals surface area contributed by atoms with Crippen LogP contribution in [0.2, 0.25) is 0 Å². The van der Waals surface area contributed by atoms with Crippen molar-refractivity contribution in [3.8, 4) is 0 Å². The number of aryl methyl sites for hydroxylation is 1. The van der Waals surface area contributed by atoms with Crippen molar-refractivity contribution in [2.24, 2.45) is 0 Å². The summed E-state index contributed by atoms with van der Waals surface area (Å²) < 4.78 is 0. The molecule has 1 fully saturated rings. The monoisotopic (exact) mass is 284 g/mol. The Morgan fingerprint density at radius 3 is 3.12 bits per heavy atom. The Labute approximate surface area is 111 Å². The van der Waals surface area contributed by atoms with Crippen LogP contribution >= 0.6 is 34.9 Å². The average Bonchev–Trinajstić information content (AvgIpc) is 2.73. The molecule has 1 N–H and O–H groups in total. The maximum Gasteiger partial charge on any atom is 0.259 e. The van der Waals surface area contributed by atoms with Gasteiger partial charge >= 0.3 is 0 Å². The van der Waals surface area contributed by atoms with E-state index in [0.717, 1.165) is 33.1 Å². The summed E-state index contributed by atoms with van der Waals surface area (Å²) in [5.74, 6) is 4.23. The number of aromatic nitrogens is 2. The van der Waals surface area contributed by atoms with Crippen LogP contribution in [0.25, 0.3) is 10.2 Å². The molecule has 0 aliphatic carbocycles. The van der Waals surface area contributed by atoms with Crippen LogP contribution in [0.4, 0.5) is 0 Å². The second kappa shape index (κ2) is 4.66. The third kappa shape index (κ3) is 2.13. The summed E-state index contributed by atoms with van der Waals surface area (Å²) in [6.07, 6.45) is 0. The number of thiophene rings is 1. The van der Waals surface area contributed by atoms with Crippen molar-refractivity contribution < 1.29 is 0 Å². The maximum atomic E-state index is 12.0. The molecule has 2 aromatic heterocycles. The SMILES string of the molecule is Cc1csc2nc(C3CSCCS3)[nH]c(=O)c12. The fraction of sp³-hybridized carbons (Fsp3) is 0.455. The quantitative estimate of drug-likeness (QED) is 0.874. The predicted molar refractivity (Wildman–Crippen MR) is 77.5 cm³/mol. The summed E-state index contributed by atoms with van der Waals surface area (Å²) in [5, 5.41) is 3.10.